The molecule has 1 heterocycles. The maximum Gasteiger partial charge on any atom is 0.337 e. The summed E-state index contributed by atoms with van der Waals surface area (Å²) >= 11 is 0. The van der Waals surface area contributed by atoms with Crippen molar-refractivity contribution in [2.45, 2.75) is 85.9 Å². The summed E-state index contributed by atoms with van der Waals surface area (Å²) in [5.41, 5.74) is 4.23. The van der Waals surface area contributed by atoms with Gasteiger partial charge in [0.05, 0.1) is 6.08 Å². The van der Waals surface area contributed by atoms with E-state index in [0.717, 1.165) is 38.5 Å². The van der Waals surface area contributed by atoms with Gasteiger partial charge >= 0.3 is 5.97 Å². The van der Waals surface area contributed by atoms with E-state index in [1.54, 1.807) is 13.8 Å². The molecule has 0 N–H and O–H groups in total. The summed E-state index contributed by atoms with van der Waals surface area (Å²) < 4.78 is 10.8. The highest BCUT2D eigenvalue weighted by atomic mass is 16.7. The minimum Gasteiger partial charge on any atom is -0.457 e. The lowest BCUT2D eigenvalue weighted by molar-refractivity contribution is -0.205. The maximum atomic E-state index is 11.5. The Labute approximate surface area is 153 Å². The first-order valence-corrected chi connectivity index (χ1v) is 9.25. The van der Waals surface area contributed by atoms with E-state index in [-0.39, 0.29) is 5.97 Å². The van der Waals surface area contributed by atoms with Crippen LogP contribution in [0, 0.1) is 0 Å². The lowest BCUT2D eigenvalue weighted by Crippen LogP contribution is -2.34. The fourth-order valence-corrected chi connectivity index (χ4v) is 2.69. The number of ether oxygens (including phenoxy) is 2. The molecule has 0 saturated carbocycles. The number of allylic oxidation sites excluding steroid dienone is 7. The highest BCUT2D eigenvalue weighted by molar-refractivity contribution is 5.83. The van der Waals surface area contributed by atoms with Gasteiger partial charge in [-0.25, -0.2) is 4.79 Å². The Kier molecular flexibility index (Phi) is 8.74. The van der Waals surface area contributed by atoms with E-state index in [1.165, 1.54) is 22.8 Å². The summed E-state index contributed by atoms with van der Waals surface area (Å²) in [5, 5.41) is 0. The third-order valence-electron chi connectivity index (χ3n) is 4.01. The van der Waals surface area contributed by atoms with Gasteiger partial charge in [-0.05, 0) is 59.8 Å². The van der Waals surface area contributed by atoms with Crippen molar-refractivity contribution in [2.75, 3.05) is 0 Å². The van der Waals surface area contributed by atoms with Gasteiger partial charge in [-0.15, -0.1) is 0 Å². The maximum absolute atomic E-state index is 11.5. The van der Waals surface area contributed by atoms with Gasteiger partial charge in [0.25, 0.3) is 0 Å². The molecule has 3 heteroatoms. The van der Waals surface area contributed by atoms with E-state index < -0.39 is 5.79 Å². The van der Waals surface area contributed by atoms with Gasteiger partial charge < -0.3 is 9.47 Å². The van der Waals surface area contributed by atoms with Gasteiger partial charge in [0.2, 0.25) is 5.79 Å². The fraction of sp³-hybridized carbons (Fsp3) is 0.591. The van der Waals surface area contributed by atoms with Gasteiger partial charge in [-0.3, -0.25) is 0 Å². The van der Waals surface area contributed by atoms with Crippen LogP contribution < -0.4 is 0 Å². The molecule has 0 unspecified atom stereocenters. The van der Waals surface area contributed by atoms with E-state index in [4.69, 9.17) is 9.47 Å². The Morgan fingerprint density at radius 2 is 1.48 bits per heavy atom. The van der Waals surface area contributed by atoms with Gasteiger partial charge in [0.15, 0.2) is 0 Å². The van der Waals surface area contributed by atoms with Crippen molar-refractivity contribution in [1.29, 1.82) is 0 Å². The normalized spacial score (nSPS) is 17.5. The Bertz CT molecular complexity index is 570. The Hall–Kier alpha value is -1.77. The predicted molar refractivity (Wildman–Crippen MR) is 104 cm³/mol. The van der Waals surface area contributed by atoms with Crippen LogP contribution in [0.15, 0.2) is 46.8 Å². The molecule has 1 rings (SSSR count). The summed E-state index contributed by atoms with van der Waals surface area (Å²) in [7, 11) is 0. The minimum absolute atomic E-state index is 0.319. The molecule has 0 radical (unpaired) electrons. The number of carbonyl (C=O) groups is 1. The van der Waals surface area contributed by atoms with Crippen molar-refractivity contribution in [3.05, 3.63) is 46.8 Å². The van der Waals surface area contributed by atoms with Crippen LogP contribution in [-0.4, -0.2) is 11.8 Å². The monoisotopic (exact) mass is 346 g/mol. The third-order valence-corrected chi connectivity index (χ3v) is 4.01. The smallest absolute Gasteiger partial charge is 0.337 e. The first-order chi connectivity index (χ1) is 11.7. The van der Waals surface area contributed by atoms with Crippen LogP contribution in [0.2, 0.25) is 0 Å². The van der Waals surface area contributed by atoms with Crippen molar-refractivity contribution in [2.24, 2.45) is 0 Å². The Morgan fingerprint density at radius 1 is 0.920 bits per heavy atom. The molecule has 0 atom stereocenters. The second-order valence-electron chi connectivity index (χ2n) is 7.53. The first-order valence-electron chi connectivity index (χ1n) is 9.25. The van der Waals surface area contributed by atoms with Crippen LogP contribution in [-0.2, 0) is 14.3 Å². The summed E-state index contributed by atoms with van der Waals surface area (Å²) in [6.45, 7) is 12.2. The molecule has 0 aromatic rings. The molecule has 25 heavy (non-hydrogen) atoms. The topological polar surface area (TPSA) is 35.5 Å². The molecular weight excluding hydrogens is 312 g/mol. The molecule has 0 amide bonds. The van der Waals surface area contributed by atoms with E-state index in [9.17, 15) is 4.79 Å². The molecule has 3 nitrogen and oxygen atoms in total. The lowest BCUT2D eigenvalue weighted by atomic mass is 10.1. The number of hydrogen-bond acceptors (Lipinski definition) is 3. The van der Waals surface area contributed by atoms with Crippen LogP contribution in [0.4, 0.5) is 0 Å². The number of hydrogen-bond donors (Lipinski definition) is 0. The van der Waals surface area contributed by atoms with Crippen molar-refractivity contribution < 1.29 is 14.3 Å². The van der Waals surface area contributed by atoms with Crippen molar-refractivity contribution in [3.8, 4) is 0 Å². The largest absolute Gasteiger partial charge is 0.457 e. The first kappa shape index (κ1) is 21.3. The summed E-state index contributed by atoms with van der Waals surface area (Å²) in [4.78, 5) is 11.5. The van der Waals surface area contributed by atoms with E-state index in [1.807, 2.05) is 0 Å². The van der Waals surface area contributed by atoms with Crippen LogP contribution in [0.25, 0.3) is 0 Å². The molecule has 0 fully saturated rings. The second-order valence-corrected chi connectivity index (χ2v) is 7.53. The second kappa shape index (κ2) is 10.3. The number of cyclic esters (lactones) is 1. The zero-order valence-electron chi connectivity index (χ0n) is 16.8. The van der Waals surface area contributed by atoms with Crippen LogP contribution in [0.3, 0.4) is 0 Å². The SMILES string of the molecule is CC(C)=CCC/C(C)=C/CC/C(C)=C/CCC1=CC(=O)OC(C)(C)O1. The van der Waals surface area contributed by atoms with E-state index >= 15 is 0 Å². The minimum atomic E-state index is -0.853. The standard InChI is InChI=1S/C22H34O3/c1-17(2)10-7-11-18(3)12-8-13-19(4)14-9-15-20-16-21(23)25-22(5,6)24-20/h10,12,14,16H,7-9,11,13,15H2,1-6H3/b18-12+,19-14+. The van der Waals surface area contributed by atoms with Crippen molar-refractivity contribution in [3.63, 3.8) is 0 Å². The van der Waals surface area contributed by atoms with Gasteiger partial charge in [-0.2, -0.15) is 0 Å². The van der Waals surface area contributed by atoms with E-state index in [0.29, 0.717) is 5.76 Å². The number of esters is 1. The third kappa shape index (κ3) is 9.96. The van der Waals surface area contributed by atoms with Crippen LogP contribution in [0.1, 0.15) is 80.1 Å². The highest BCUT2D eigenvalue weighted by Crippen LogP contribution is 2.25. The predicted octanol–water partition coefficient (Wildman–Crippen LogP) is 6.38. The zero-order chi connectivity index (χ0) is 18.9. The van der Waals surface area contributed by atoms with Crippen molar-refractivity contribution in [1.82, 2.24) is 0 Å². The molecule has 0 aromatic carbocycles. The van der Waals surface area contributed by atoms with Gasteiger partial charge in [0.1, 0.15) is 5.76 Å². The van der Waals surface area contributed by atoms with Crippen LogP contribution in [0.5, 0.6) is 0 Å². The van der Waals surface area contributed by atoms with Gasteiger partial charge in [0, 0.05) is 20.3 Å². The summed E-state index contributed by atoms with van der Waals surface area (Å²) in [6, 6.07) is 0. The molecule has 1 aliphatic rings. The summed E-state index contributed by atoms with van der Waals surface area (Å²) in [6.07, 6.45) is 14.4. The van der Waals surface area contributed by atoms with Gasteiger partial charge in [-0.1, -0.05) is 34.9 Å². The Balaban J connectivity index is 2.32. The Morgan fingerprint density at radius 3 is 2.04 bits per heavy atom. The quantitative estimate of drug-likeness (QED) is 0.359. The molecule has 1 aliphatic heterocycles. The molecule has 0 aromatic heterocycles. The molecule has 140 valence electrons. The molecule has 0 aliphatic carbocycles. The molecular formula is C22H34O3. The average molecular weight is 347 g/mol. The molecule has 0 bridgehead atoms. The average Bonchev–Trinajstić information content (AvgIpc) is 2.44. The lowest BCUT2D eigenvalue weighted by Gasteiger charge is -2.30. The van der Waals surface area contributed by atoms with Crippen LogP contribution >= 0.6 is 0 Å². The highest BCUT2D eigenvalue weighted by Gasteiger charge is 2.29. The fourth-order valence-electron chi connectivity index (χ4n) is 2.69. The number of rotatable bonds is 9. The molecule has 0 saturated heterocycles. The van der Waals surface area contributed by atoms with Crippen molar-refractivity contribution >= 4 is 5.97 Å². The molecule has 0 spiro atoms. The number of carbonyl (C=O) groups excluding carboxylic acids is 1. The zero-order valence-corrected chi connectivity index (χ0v) is 16.8. The summed E-state index contributed by atoms with van der Waals surface area (Å²) in [5.74, 6) is -0.464. The van der Waals surface area contributed by atoms with E-state index in [2.05, 4.69) is 45.9 Å².